The number of ether oxygens (including phenoxy) is 4. The Bertz CT molecular complexity index is 2110. The summed E-state index contributed by atoms with van der Waals surface area (Å²) in [5.74, 6) is -8.13. The number of amides is 1. The van der Waals surface area contributed by atoms with E-state index in [-0.39, 0.29) is 44.5 Å². The Morgan fingerprint density at radius 2 is 1.64 bits per heavy atom. The number of aromatic hydroxyl groups is 3. The van der Waals surface area contributed by atoms with Crippen molar-refractivity contribution in [2.24, 2.45) is 33.9 Å². The second-order valence-electron chi connectivity index (χ2n) is 15.5. The number of Topliss-reactive ketones (excluding diaryl/α,β-unsaturated/α-hetero) is 1. The molecule has 5 rings (SSSR count). The highest BCUT2D eigenvalue weighted by molar-refractivity contribution is 6.23. The molecule has 0 fully saturated rings. The number of phenols is 3. The molecule has 5 bridgehead atoms. The number of hydrogen-bond donors (Lipinski definition) is 6. The van der Waals surface area contributed by atoms with Crippen molar-refractivity contribution in [1.82, 2.24) is 4.90 Å². The molecule has 3 aliphatic rings. The molecule has 16 nitrogen and oxygen atoms in total. The van der Waals surface area contributed by atoms with E-state index in [0.29, 0.717) is 12.4 Å². The number of amidine groups is 1. The van der Waals surface area contributed by atoms with Gasteiger partial charge < -0.3 is 54.7 Å². The molecule has 3 aliphatic heterocycles. The van der Waals surface area contributed by atoms with Gasteiger partial charge in [-0.15, -0.1) is 5.10 Å². The maximum Gasteiger partial charge on any atom is 0.312 e. The normalized spacial score (nSPS) is 30.4. The summed E-state index contributed by atoms with van der Waals surface area (Å²) in [6.07, 6.45) is 4.55. The van der Waals surface area contributed by atoms with E-state index in [1.165, 1.54) is 53.2 Å². The predicted octanol–water partition coefficient (Wildman–Crippen LogP) is 5.46. The van der Waals surface area contributed by atoms with Gasteiger partial charge in [-0.2, -0.15) is 5.10 Å². The topological polar surface area (TPSA) is 229 Å². The van der Waals surface area contributed by atoms with E-state index >= 15 is 0 Å². The molecule has 2 aromatic carbocycles. The summed E-state index contributed by atoms with van der Waals surface area (Å²) in [5, 5.41) is 68.5. The Morgan fingerprint density at radius 1 is 0.983 bits per heavy atom. The van der Waals surface area contributed by atoms with Crippen molar-refractivity contribution >= 4 is 46.2 Å². The number of allylic oxidation sites excluding steroid dienone is 2. The van der Waals surface area contributed by atoms with Crippen molar-refractivity contribution in [3.05, 3.63) is 52.8 Å². The van der Waals surface area contributed by atoms with E-state index < -0.39 is 88.8 Å². The van der Waals surface area contributed by atoms with Crippen molar-refractivity contribution < 1.29 is 58.9 Å². The van der Waals surface area contributed by atoms with Crippen LogP contribution in [0.15, 0.2) is 46.3 Å². The Kier molecular flexibility index (Phi) is 14.6. The molecule has 0 aromatic heterocycles. The van der Waals surface area contributed by atoms with Crippen molar-refractivity contribution in [1.29, 1.82) is 0 Å². The first-order chi connectivity index (χ1) is 27.6. The molecule has 1 amide bonds. The lowest BCUT2D eigenvalue weighted by molar-refractivity contribution is -0.160. The highest BCUT2D eigenvalue weighted by Crippen LogP contribution is 2.55. The summed E-state index contributed by atoms with van der Waals surface area (Å²) in [4.78, 5) is 42.2. The van der Waals surface area contributed by atoms with Gasteiger partial charge in [0.15, 0.2) is 5.75 Å². The number of methoxy groups -OCH3 is 1. The number of aliphatic hydroxyl groups excluding tert-OH is 2. The van der Waals surface area contributed by atoms with Gasteiger partial charge in [-0.05, 0) is 33.8 Å². The van der Waals surface area contributed by atoms with Gasteiger partial charge in [0.05, 0.1) is 53.0 Å². The molecule has 322 valence electrons. The number of anilines is 1. The van der Waals surface area contributed by atoms with Crippen LogP contribution in [0.2, 0.25) is 0 Å². The number of ketones is 1. The Morgan fingerprint density at radius 3 is 2.25 bits per heavy atom. The number of benzene rings is 2. The Labute approximate surface area is 344 Å². The van der Waals surface area contributed by atoms with E-state index in [9.17, 15) is 39.9 Å². The van der Waals surface area contributed by atoms with Crippen LogP contribution in [0.5, 0.6) is 23.0 Å². The molecule has 2 aromatic rings. The smallest absolute Gasteiger partial charge is 0.312 e. The fraction of sp³-hybridized carbons (Fsp3) is 0.512. The first-order valence-electron chi connectivity index (χ1n) is 19.5. The standard InChI is InChI=1S/C43H58N4O12/c1-13-47(11)26(8)46-44-19-28-33-38(53)31-30(37(28)52)32-40(25(7)36(31)51)59-43(10,41(32)54)57-18-17-29(56-12)22(4)39(58-27(9)48)24(6)35(50)23(5)34(49)20(2)15-14-16-21(3)42(55)45-33/h14-20,22-24,29,34-35,39,49-53H,13H2,1-12H3,(H,45,55)/b15-14+,18-17+,21-16-,44-19+,46-26+/t20-,22-,23-,24-,29+,34+,35-,39-,43+/m1/s1. The molecule has 0 saturated heterocycles. The lowest BCUT2D eigenvalue weighted by Crippen LogP contribution is -2.46. The number of esters is 1. The zero-order chi connectivity index (χ0) is 44.3. The molecule has 0 saturated carbocycles. The largest absolute Gasteiger partial charge is 0.507 e. The number of aliphatic hydroxyl groups is 2. The van der Waals surface area contributed by atoms with Crippen LogP contribution >= 0.6 is 0 Å². The summed E-state index contributed by atoms with van der Waals surface area (Å²) in [6.45, 7) is 16.7. The van der Waals surface area contributed by atoms with Crippen LogP contribution in [0, 0.1) is 30.6 Å². The van der Waals surface area contributed by atoms with Crippen molar-refractivity contribution in [2.75, 3.05) is 26.0 Å². The summed E-state index contributed by atoms with van der Waals surface area (Å²) in [5.41, 5.74) is -0.605. The van der Waals surface area contributed by atoms with Gasteiger partial charge in [0.25, 0.3) is 11.7 Å². The molecule has 0 aliphatic carbocycles. The fourth-order valence-corrected chi connectivity index (χ4v) is 7.35. The highest BCUT2D eigenvalue weighted by Gasteiger charge is 2.50. The third-order valence-corrected chi connectivity index (χ3v) is 11.4. The quantitative estimate of drug-likeness (QED) is 0.0551. The third kappa shape index (κ3) is 9.24. The van der Waals surface area contributed by atoms with Crippen LogP contribution in [0.1, 0.15) is 83.8 Å². The number of nitrogens with one attached hydrogen (secondary N) is 1. The number of phenolic OH excluding ortho intramolecular Hbond substituents is 3. The first kappa shape index (κ1) is 46.2. The summed E-state index contributed by atoms with van der Waals surface area (Å²) in [7, 11) is 3.23. The zero-order valence-corrected chi connectivity index (χ0v) is 35.7. The minimum absolute atomic E-state index is 0.0332. The SMILES string of the molecule is CCN(C)/C(C)=N/N=C/c1c2c(O)c3c(O)c(C)c4c(c3c1O)C(=O)[C@@](C)(O/C=C/[C@H](OC)[C@@H](C)[C@@H](OC(C)=O)[C@H](C)[C@H](O)[C@H](C)[C@@H](O)[C@H](C)/C=C/C=C(/C)C(=O)N2)O4. The lowest BCUT2D eigenvalue weighted by Gasteiger charge is -2.38. The van der Waals surface area contributed by atoms with E-state index in [1.54, 1.807) is 58.7 Å². The van der Waals surface area contributed by atoms with Crippen molar-refractivity contribution in [3.63, 3.8) is 0 Å². The lowest BCUT2D eigenvalue weighted by atomic mass is 9.78. The molecule has 59 heavy (non-hydrogen) atoms. The van der Waals surface area contributed by atoms with Gasteiger partial charge in [-0.3, -0.25) is 14.4 Å². The van der Waals surface area contributed by atoms with E-state index in [4.69, 9.17) is 18.9 Å². The van der Waals surface area contributed by atoms with Crippen LogP contribution in [0.25, 0.3) is 10.8 Å². The van der Waals surface area contributed by atoms with Crippen LogP contribution in [0.4, 0.5) is 5.69 Å². The van der Waals surface area contributed by atoms with Crippen LogP contribution in [-0.2, 0) is 23.8 Å². The summed E-state index contributed by atoms with van der Waals surface area (Å²) < 4.78 is 23.5. The number of carbonyl (C=O) groups is 3. The minimum atomic E-state index is -2.06. The number of nitrogens with zero attached hydrogens (tertiary/aromatic N) is 3. The van der Waals surface area contributed by atoms with E-state index in [0.717, 1.165) is 6.21 Å². The fourth-order valence-electron chi connectivity index (χ4n) is 7.35. The van der Waals surface area contributed by atoms with Crippen molar-refractivity contribution in [3.8, 4) is 23.0 Å². The first-order valence-corrected chi connectivity index (χ1v) is 19.5. The van der Waals surface area contributed by atoms with Gasteiger partial charge in [0, 0.05) is 74.7 Å². The van der Waals surface area contributed by atoms with Crippen LogP contribution in [0.3, 0.4) is 0 Å². The number of hydrogen-bond acceptors (Lipinski definition) is 14. The maximum absolute atomic E-state index is 14.4. The maximum atomic E-state index is 14.4. The van der Waals surface area contributed by atoms with Crippen LogP contribution < -0.4 is 10.1 Å². The van der Waals surface area contributed by atoms with Crippen molar-refractivity contribution in [2.45, 2.75) is 99.4 Å². The molecular formula is C43H58N4O12. The molecule has 3 heterocycles. The molecule has 9 atom stereocenters. The third-order valence-electron chi connectivity index (χ3n) is 11.4. The predicted molar refractivity (Wildman–Crippen MR) is 223 cm³/mol. The Balaban J connectivity index is 2.00. The summed E-state index contributed by atoms with van der Waals surface area (Å²) in [6, 6.07) is 0. The average molecular weight is 823 g/mol. The van der Waals surface area contributed by atoms with Gasteiger partial charge >= 0.3 is 11.8 Å². The molecule has 0 unspecified atom stereocenters. The van der Waals surface area contributed by atoms with Gasteiger partial charge in [0.2, 0.25) is 0 Å². The highest BCUT2D eigenvalue weighted by atomic mass is 16.7. The van der Waals surface area contributed by atoms with Gasteiger partial charge in [-0.25, -0.2) is 0 Å². The second-order valence-corrected chi connectivity index (χ2v) is 15.5. The van der Waals surface area contributed by atoms with Crippen LogP contribution in [-0.4, -0.2) is 111 Å². The molecule has 0 spiro atoms. The zero-order valence-electron chi connectivity index (χ0n) is 35.7. The number of carbonyl (C=O) groups excluding carboxylic acids is 3. The van der Waals surface area contributed by atoms with Gasteiger partial charge in [0.1, 0.15) is 29.2 Å². The van der Waals surface area contributed by atoms with Gasteiger partial charge in [-0.1, -0.05) is 45.9 Å². The molecule has 16 heteroatoms. The monoisotopic (exact) mass is 822 g/mol. The summed E-state index contributed by atoms with van der Waals surface area (Å²) >= 11 is 0. The number of fused-ring (bicyclic) bond motifs is 14. The van der Waals surface area contributed by atoms with E-state index in [1.807, 2.05) is 6.92 Å². The number of rotatable bonds is 5. The second kappa shape index (κ2) is 18.6. The molecule has 0 radical (unpaired) electrons. The molecule has 6 N–H and O–H groups in total. The molecular weight excluding hydrogens is 764 g/mol. The minimum Gasteiger partial charge on any atom is -0.507 e. The Hall–Kier alpha value is -5.45. The van der Waals surface area contributed by atoms with E-state index in [2.05, 4.69) is 15.5 Å². The average Bonchev–Trinajstić information content (AvgIpc) is 3.46.